The summed E-state index contributed by atoms with van der Waals surface area (Å²) in [6.45, 7) is 0. The zero-order chi connectivity index (χ0) is 14.8. The summed E-state index contributed by atoms with van der Waals surface area (Å²) in [5.74, 6) is -0.619. The molecule has 0 saturated carbocycles. The first-order chi connectivity index (χ1) is 10.2. The second-order valence-electron chi connectivity index (χ2n) is 5.65. The van der Waals surface area contributed by atoms with E-state index in [1.165, 1.54) is 18.3 Å². The number of carboxylic acid groups (broad SMARTS) is 1. The van der Waals surface area contributed by atoms with Crippen LogP contribution >= 0.6 is 0 Å². The Morgan fingerprint density at radius 2 is 2.14 bits per heavy atom. The predicted octanol–water partition coefficient (Wildman–Crippen LogP) is 0.696. The molecule has 0 radical (unpaired) electrons. The van der Waals surface area contributed by atoms with Gasteiger partial charge in [-0.15, -0.1) is 0 Å². The van der Waals surface area contributed by atoms with E-state index < -0.39 is 5.97 Å². The molecule has 2 saturated heterocycles. The molecule has 0 aliphatic carbocycles. The Labute approximate surface area is 123 Å². The van der Waals surface area contributed by atoms with Gasteiger partial charge in [-0.1, -0.05) is 0 Å². The number of aromatic nitrogens is 1. The molecule has 2 unspecified atom stereocenters. The maximum atomic E-state index is 11.0. The third-order valence-corrected chi connectivity index (χ3v) is 4.40. The van der Waals surface area contributed by atoms with E-state index in [0.29, 0.717) is 25.4 Å². The number of aromatic carboxylic acids is 1. The number of carbonyl (C=O) groups excluding carboxylic acids is 1. The summed E-state index contributed by atoms with van der Waals surface area (Å²) >= 11 is 0. The Bertz CT molecular complexity index is 540. The van der Waals surface area contributed by atoms with Gasteiger partial charge in [0.2, 0.25) is 5.88 Å². The maximum absolute atomic E-state index is 11.0. The topological polar surface area (TPSA) is 79.7 Å². The van der Waals surface area contributed by atoms with Gasteiger partial charge >= 0.3 is 5.97 Å². The zero-order valence-corrected chi connectivity index (χ0v) is 11.6. The van der Waals surface area contributed by atoms with Crippen molar-refractivity contribution in [3.63, 3.8) is 0 Å². The number of carbonyl (C=O) groups is 2. The molecule has 1 aromatic heterocycles. The number of pyridine rings is 1. The van der Waals surface area contributed by atoms with Crippen molar-refractivity contribution in [2.75, 3.05) is 0 Å². The molecule has 3 rings (SSSR count). The van der Waals surface area contributed by atoms with E-state index in [1.54, 1.807) is 0 Å². The lowest BCUT2D eigenvalue weighted by Gasteiger charge is -2.37. The Morgan fingerprint density at radius 3 is 2.76 bits per heavy atom. The molecule has 0 aromatic carbocycles. The second-order valence-corrected chi connectivity index (χ2v) is 5.65. The lowest BCUT2D eigenvalue weighted by atomic mass is 9.85. The van der Waals surface area contributed by atoms with E-state index in [0.717, 1.165) is 31.9 Å². The van der Waals surface area contributed by atoms with Crippen molar-refractivity contribution in [1.29, 1.82) is 0 Å². The van der Waals surface area contributed by atoms with Gasteiger partial charge in [-0.25, -0.2) is 9.78 Å². The van der Waals surface area contributed by atoms with E-state index in [2.05, 4.69) is 9.79 Å². The van der Waals surface area contributed by atoms with Crippen molar-refractivity contribution in [1.82, 2.24) is 9.79 Å². The molecule has 0 amide bonds. The monoisotopic (exact) mass is 288 g/mol. The minimum Gasteiger partial charge on any atom is -0.478 e. The normalized spacial score (nSPS) is 28.1. The van der Waals surface area contributed by atoms with Crippen LogP contribution in [-0.2, 0) is 4.79 Å². The van der Waals surface area contributed by atoms with Crippen LogP contribution in [0, 0.1) is 0 Å². The lowest BCUT2D eigenvalue weighted by Crippen LogP contribution is -2.48. The van der Waals surface area contributed by atoms with Crippen LogP contribution in [0.15, 0.2) is 18.3 Å². The van der Waals surface area contributed by atoms with Crippen LogP contribution in [0.3, 0.4) is 0 Å². The van der Waals surface area contributed by atoms with Gasteiger partial charge in [-0.05, 0) is 31.7 Å². The van der Waals surface area contributed by atoms with Crippen LogP contribution in [0.2, 0.25) is 0 Å². The van der Waals surface area contributed by atoms with Crippen molar-refractivity contribution in [3.05, 3.63) is 23.9 Å². The first-order valence-corrected chi connectivity index (χ1v) is 7.22. The number of rotatable bonds is 5. The van der Waals surface area contributed by atoms with Crippen molar-refractivity contribution >= 4 is 19.6 Å². The molecule has 6 nitrogen and oxygen atoms in total. The first kappa shape index (κ1) is 14.1. The summed E-state index contributed by atoms with van der Waals surface area (Å²) in [6.07, 6.45) is 6.38. The van der Waals surface area contributed by atoms with Crippen LogP contribution in [0.4, 0.5) is 0 Å². The summed E-state index contributed by atoms with van der Waals surface area (Å²) in [4.78, 5) is 28.0. The molecule has 1 aromatic rings. The molecule has 3 heterocycles. The van der Waals surface area contributed by atoms with Crippen LogP contribution in [0.5, 0.6) is 5.88 Å². The number of ether oxygens (including phenoxy) is 1. The summed E-state index contributed by atoms with van der Waals surface area (Å²) < 4.78 is 5.86. The molecule has 2 bridgehead atoms. The van der Waals surface area contributed by atoms with Gasteiger partial charge in [0.25, 0.3) is 7.41 Å². The number of hydrogen-bond donors (Lipinski definition) is 1. The molecule has 2 atom stereocenters. The molecule has 2 fully saturated rings. The van der Waals surface area contributed by atoms with E-state index >= 15 is 0 Å². The highest BCUT2D eigenvalue weighted by Crippen LogP contribution is 2.36. The summed E-state index contributed by atoms with van der Waals surface area (Å²) in [6, 6.07) is 3.69. The molecular formula is C14H17BN2O4. The van der Waals surface area contributed by atoms with E-state index in [4.69, 9.17) is 9.84 Å². The van der Waals surface area contributed by atoms with E-state index in [1.807, 2.05) is 0 Å². The number of carboxylic acids is 1. The molecule has 7 heteroatoms. The Morgan fingerprint density at radius 1 is 1.43 bits per heavy atom. The van der Waals surface area contributed by atoms with Crippen molar-refractivity contribution in [2.45, 2.75) is 43.9 Å². The molecule has 1 N–H and O–H groups in total. The van der Waals surface area contributed by atoms with E-state index in [-0.39, 0.29) is 11.7 Å². The largest absolute Gasteiger partial charge is 0.478 e. The number of piperidine rings is 1. The predicted molar refractivity (Wildman–Crippen MR) is 77.4 cm³/mol. The number of hydrogen-bond acceptors (Lipinski definition) is 5. The van der Waals surface area contributed by atoms with Crippen molar-refractivity contribution in [3.8, 4) is 5.88 Å². The molecule has 21 heavy (non-hydrogen) atoms. The standard InChI is InChI=1S/C14H17BN2O4/c18-8-15-17-10-1-2-11(17)7-12(6-10)21-13-5-9(14(19)20)3-4-16-13/h3-5,8,10-12,15H,1-2,6-7H2,(H,19,20). The van der Waals surface area contributed by atoms with Crippen LogP contribution in [-0.4, -0.2) is 52.7 Å². The van der Waals surface area contributed by atoms with Gasteiger partial charge in [-0.3, -0.25) is 0 Å². The first-order valence-electron chi connectivity index (χ1n) is 7.22. The Balaban J connectivity index is 1.66. The quantitative estimate of drug-likeness (QED) is 0.634. The smallest absolute Gasteiger partial charge is 0.335 e. The highest BCUT2D eigenvalue weighted by Gasteiger charge is 2.41. The molecule has 2 aliphatic heterocycles. The fraction of sp³-hybridized carbons (Fsp3) is 0.500. The summed E-state index contributed by atoms with van der Waals surface area (Å²) in [5.41, 5.74) is 0.182. The fourth-order valence-electron chi connectivity index (χ4n) is 3.48. The van der Waals surface area contributed by atoms with Gasteiger partial charge in [0.1, 0.15) is 6.10 Å². The second kappa shape index (κ2) is 5.85. The van der Waals surface area contributed by atoms with Crippen molar-refractivity contribution < 1.29 is 19.4 Å². The maximum Gasteiger partial charge on any atom is 0.335 e. The highest BCUT2D eigenvalue weighted by atomic mass is 16.5. The number of nitrogens with zero attached hydrogens (tertiary/aromatic N) is 2. The summed E-state index contributed by atoms with van der Waals surface area (Å²) in [7, 11) is 0.495. The van der Waals surface area contributed by atoms with E-state index in [9.17, 15) is 9.59 Å². The van der Waals surface area contributed by atoms with Gasteiger partial charge in [0.05, 0.1) is 11.7 Å². The van der Waals surface area contributed by atoms with Gasteiger partial charge in [0, 0.05) is 24.3 Å². The number of fused-ring (bicyclic) bond motifs is 2. The molecular weight excluding hydrogens is 271 g/mol. The minimum atomic E-state index is -0.983. The van der Waals surface area contributed by atoms with Gasteiger partial charge in [0.15, 0.2) is 0 Å². The molecule has 2 aliphatic rings. The SMILES string of the molecule is O=CBN1C2CCC1CC(Oc1cc(C(=O)O)ccn1)C2. The fourth-order valence-corrected chi connectivity index (χ4v) is 3.48. The Kier molecular flexibility index (Phi) is 3.92. The van der Waals surface area contributed by atoms with Crippen LogP contribution in [0.25, 0.3) is 0 Å². The van der Waals surface area contributed by atoms with Gasteiger partial charge < -0.3 is 19.4 Å². The zero-order valence-electron chi connectivity index (χ0n) is 11.6. The average molecular weight is 288 g/mol. The van der Waals surface area contributed by atoms with Gasteiger partial charge in [-0.2, -0.15) is 0 Å². The average Bonchev–Trinajstić information content (AvgIpc) is 2.71. The third-order valence-electron chi connectivity index (χ3n) is 4.40. The lowest BCUT2D eigenvalue weighted by molar-refractivity contribution is 0.0692. The summed E-state index contributed by atoms with van der Waals surface area (Å²) in [5, 5.41) is 8.98. The van der Waals surface area contributed by atoms with Crippen LogP contribution < -0.4 is 4.74 Å². The van der Waals surface area contributed by atoms with Crippen molar-refractivity contribution in [2.24, 2.45) is 0 Å². The Hall–Kier alpha value is -1.89. The highest BCUT2D eigenvalue weighted by molar-refractivity contribution is 6.64. The minimum absolute atomic E-state index is 0.0435. The third kappa shape index (κ3) is 2.92. The molecule has 0 spiro atoms. The molecule has 110 valence electrons. The van der Waals surface area contributed by atoms with Crippen LogP contribution in [0.1, 0.15) is 36.0 Å².